The minimum Gasteiger partial charge on any atom is -0.399 e. The molecule has 0 fully saturated rings. The molecule has 0 heterocycles. The zero-order valence-corrected chi connectivity index (χ0v) is 4.89. The molecule has 0 bridgehead atoms. The van der Waals surface area contributed by atoms with Crippen LogP contribution in [0.15, 0.2) is 24.3 Å². The minimum atomic E-state index is 0.868. The van der Waals surface area contributed by atoms with Crippen molar-refractivity contribution in [2.75, 3.05) is 5.73 Å². The first-order chi connectivity index (χ1) is 3.80. The van der Waals surface area contributed by atoms with Crippen molar-refractivity contribution in [3.63, 3.8) is 0 Å². The number of rotatable bonds is 0. The molecular weight excluding hydrogens is 99.1 g/mol. The number of nitrogen functional groups attached to an aromatic ring is 1. The maximum Gasteiger partial charge on any atom is 0.0343 e. The quantitative estimate of drug-likeness (QED) is 0.396. The molecule has 1 aromatic rings. The summed E-state index contributed by atoms with van der Waals surface area (Å²) < 4.78 is 0. The van der Waals surface area contributed by atoms with Crippen LogP contribution in [0.25, 0.3) is 0 Å². The van der Waals surface area contributed by atoms with E-state index in [9.17, 15) is 0 Å². The molecule has 0 unspecified atom stereocenters. The molecule has 1 heteroatoms. The van der Waals surface area contributed by atoms with Gasteiger partial charge < -0.3 is 5.73 Å². The standard InChI is InChI=1S/C7H9N/c1-6-4-2-3-5-7(6)8/h2-5H,8H2,1H3/i1+1. The molecular formula is C7H9N. The number of anilines is 1. The highest BCUT2D eigenvalue weighted by Gasteiger charge is 1.84. The number of hydrogen-bond donors (Lipinski definition) is 1. The molecule has 0 aliphatic heterocycles. The van der Waals surface area contributed by atoms with Gasteiger partial charge in [0.1, 0.15) is 0 Å². The third-order valence-corrected chi connectivity index (χ3v) is 1.19. The van der Waals surface area contributed by atoms with E-state index >= 15 is 0 Å². The predicted molar refractivity (Wildman–Crippen MR) is 35.6 cm³/mol. The third kappa shape index (κ3) is 0.808. The summed E-state index contributed by atoms with van der Waals surface area (Å²) in [5.41, 5.74) is 7.53. The average molecular weight is 108 g/mol. The van der Waals surface area contributed by atoms with Gasteiger partial charge in [0, 0.05) is 5.69 Å². The first kappa shape index (κ1) is 5.16. The second-order valence-electron chi connectivity index (χ2n) is 1.86. The maximum absolute atomic E-state index is 5.52. The van der Waals surface area contributed by atoms with Gasteiger partial charge in [0.05, 0.1) is 0 Å². The monoisotopic (exact) mass is 108 g/mol. The highest BCUT2D eigenvalue weighted by molar-refractivity contribution is 5.44. The summed E-state index contributed by atoms with van der Waals surface area (Å²) in [6, 6.07) is 7.80. The van der Waals surface area contributed by atoms with E-state index < -0.39 is 0 Å². The van der Waals surface area contributed by atoms with Gasteiger partial charge in [0.15, 0.2) is 0 Å². The van der Waals surface area contributed by atoms with Gasteiger partial charge in [-0.1, -0.05) is 18.2 Å². The van der Waals surface area contributed by atoms with Gasteiger partial charge in [0.25, 0.3) is 0 Å². The van der Waals surface area contributed by atoms with Gasteiger partial charge in [0.2, 0.25) is 0 Å². The van der Waals surface area contributed by atoms with Gasteiger partial charge in [-0.05, 0) is 18.6 Å². The van der Waals surface area contributed by atoms with Crippen LogP contribution >= 0.6 is 0 Å². The average Bonchev–Trinajstić information content (AvgIpc) is 1.77. The van der Waals surface area contributed by atoms with Crippen LogP contribution in [0.4, 0.5) is 5.69 Å². The van der Waals surface area contributed by atoms with E-state index in [4.69, 9.17) is 5.73 Å². The number of aryl methyl sites for hydroxylation is 1. The molecule has 1 aromatic carbocycles. The van der Waals surface area contributed by atoms with Crippen LogP contribution in [0.1, 0.15) is 5.56 Å². The van der Waals surface area contributed by atoms with E-state index in [-0.39, 0.29) is 0 Å². The molecule has 0 aliphatic rings. The molecule has 1 nitrogen and oxygen atoms in total. The van der Waals surface area contributed by atoms with Crippen molar-refractivity contribution in [3.05, 3.63) is 29.8 Å². The van der Waals surface area contributed by atoms with Gasteiger partial charge in [-0.3, -0.25) is 0 Å². The fraction of sp³-hybridized carbons (Fsp3) is 0.143. The molecule has 2 N–H and O–H groups in total. The number of nitrogens with two attached hydrogens (primary N) is 1. The second-order valence-corrected chi connectivity index (χ2v) is 1.86. The summed E-state index contributed by atoms with van der Waals surface area (Å²) in [6.45, 7) is 2.00. The summed E-state index contributed by atoms with van der Waals surface area (Å²) in [4.78, 5) is 0. The van der Waals surface area contributed by atoms with Crippen molar-refractivity contribution in [1.82, 2.24) is 0 Å². The molecule has 0 saturated heterocycles. The Labute approximate surface area is 49.1 Å². The van der Waals surface area contributed by atoms with Gasteiger partial charge in [-0.25, -0.2) is 0 Å². The number of benzene rings is 1. The van der Waals surface area contributed by atoms with Crippen LogP contribution in [0.3, 0.4) is 0 Å². The Hall–Kier alpha value is -0.980. The molecule has 0 saturated carbocycles. The number of hydrogen-bond acceptors (Lipinski definition) is 1. The normalized spacial score (nSPS) is 9.12. The smallest absolute Gasteiger partial charge is 0.0343 e. The van der Waals surface area contributed by atoms with E-state index in [0.717, 1.165) is 11.3 Å². The molecule has 0 amide bonds. The van der Waals surface area contributed by atoms with Crippen molar-refractivity contribution >= 4 is 5.69 Å². The van der Waals surface area contributed by atoms with Crippen LogP contribution in [0.2, 0.25) is 0 Å². The Kier molecular flexibility index (Phi) is 1.20. The van der Waals surface area contributed by atoms with Crippen molar-refractivity contribution in [3.8, 4) is 0 Å². The zero-order chi connectivity index (χ0) is 5.98. The Morgan fingerprint density at radius 2 is 1.88 bits per heavy atom. The Morgan fingerprint density at radius 3 is 2.25 bits per heavy atom. The minimum absolute atomic E-state index is 0.868. The lowest BCUT2D eigenvalue weighted by molar-refractivity contribution is 1.47. The largest absolute Gasteiger partial charge is 0.399 e. The van der Waals surface area contributed by atoms with Gasteiger partial charge in [-0.15, -0.1) is 0 Å². The van der Waals surface area contributed by atoms with E-state index in [1.165, 1.54) is 0 Å². The Balaban J connectivity index is 3.13. The molecule has 8 heavy (non-hydrogen) atoms. The lowest BCUT2D eigenvalue weighted by Gasteiger charge is -1.93. The first-order valence-electron chi connectivity index (χ1n) is 2.62. The summed E-state index contributed by atoms with van der Waals surface area (Å²) in [7, 11) is 0. The Morgan fingerprint density at radius 1 is 1.25 bits per heavy atom. The molecule has 0 spiro atoms. The zero-order valence-electron chi connectivity index (χ0n) is 4.89. The van der Waals surface area contributed by atoms with E-state index in [1.54, 1.807) is 0 Å². The van der Waals surface area contributed by atoms with Crippen molar-refractivity contribution < 1.29 is 0 Å². The van der Waals surface area contributed by atoms with Crippen LogP contribution in [0, 0.1) is 6.92 Å². The molecule has 42 valence electrons. The van der Waals surface area contributed by atoms with E-state index in [0.29, 0.717) is 0 Å². The van der Waals surface area contributed by atoms with E-state index in [1.807, 2.05) is 31.2 Å². The first-order valence-corrected chi connectivity index (χ1v) is 2.62. The summed E-state index contributed by atoms with van der Waals surface area (Å²) in [5, 5.41) is 0. The van der Waals surface area contributed by atoms with Crippen LogP contribution < -0.4 is 5.73 Å². The lowest BCUT2D eigenvalue weighted by atomic mass is 10.2. The van der Waals surface area contributed by atoms with Gasteiger partial charge in [-0.2, -0.15) is 0 Å². The van der Waals surface area contributed by atoms with Crippen molar-refractivity contribution in [2.45, 2.75) is 6.92 Å². The predicted octanol–water partition coefficient (Wildman–Crippen LogP) is 1.58. The lowest BCUT2D eigenvalue weighted by Crippen LogP contribution is -1.85. The molecule has 0 aliphatic carbocycles. The fourth-order valence-corrected chi connectivity index (χ4v) is 0.587. The molecule has 0 atom stereocenters. The summed E-state index contributed by atoms with van der Waals surface area (Å²) >= 11 is 0. The Bertz CT molecular complexity index is 160. The maximum atomic E-state index is 5.52. The number of para-hydroxylation sites is 1. The van der Waals surface area contributed by atoms with Crippen LogP contribution in [-0.2, 0) is 0 Å². The summed E-state index contributed by atoms with van der Waals surface area (Å²) in [5.74, 6) is 0. The highest BCUT2D eigenvalue weighted by atomic mass is 14.6. The van der Waals surface area contributed by atoms with Crippen molar-refractivity contribution in [2.24, 2.45) is 0 Å². The van der Waals surface area contributed by atoms with Crippen molar-refractivity contribution in [1.29, 1.82) is 0 Å². The van der Waals surface area contributed by atoms with E-state index in [2.05, 4.69) is 0 Å². The second kappa shape index (κ2) is 1.86. The molecule has 0 aromatic heterocycles. The van der Waals surface area contributed by atoms with Crippen LogP contribution in [0.5, 0.6) is 0 Å². The van der Waals surface area contributed by atoms with Gasteiger partial charge >= 0.3 is 0 Å². The highest BCUT2D eigenvalue weighted by Crippen LogP contribution is 2.06. The summed E-state index contributed by atoms with van der Waals surface area (Å²) in [6.07, 6.45) is 0. The SMILES string of the molecule is [13CH3]c1ccccc1N. The fourth-order valence-electron chi connectivity index (χ4n) is 0.587. The van der Waals surface area contributed by atoms with Crippen LogP contribution in [-0.4, -0.2) is 0 Å². The topological polar surface area (TPSA) is 26.0 Å². The molecule has 1 rings (SSSR count). The molecule has 0 radical (unpaired) electrons. The third-order valence-electron chi connectivity index (χ3n) is 1.19.